The molecular formula is C18H20N14O6. The Bertz CT molecular complexity index is 1530. The summed E-state index contributed by atoms with van der Waals surface area (Å²) in [5, 5.41) is 40.0. The summed E-state index contributed by atoms with van der Waals surface area (Å²) in [5.41, 5.74) is 5.64. The van der Waals surface area contributed by atoms with E-state index in [0.29, 0.717) is 24.7 Å². The maximum atomic E-state index is 11.6. The highest BCUT2D eigenvalue weighted by Crippen LogP contribution is 2.07. The van der Waals surface area contributed by atoms with E-state index in [-0.39, 0.29) is 35.2 Å². The average molecular weight is 528 g/mol. The molecule has 20 heteroatoms. The van der Waals surface area contributed by atoms with E-state index < -0.39 is 17.9 Å². The fraction of sp³-hybridized carbons (Fsp3) is 0.333. The van der Waals surface area contributed by atoms with Crippen LogP contribution in [-0.4, -0.2) is 98.7 Å². The molecular weight excluding hydrogens is 508 g/mol. The van der Waals surface area contributed by atoms with E-state index in [1.165, 1.54) is 4.52 Å². The molecule has 0 fully saturated rings. The van der Waals surface area contributed by atoms with Crippen LogP contribution in [0.4, 0.5) is 0 Å². The fourth-order valence-electron chi connectivity index (χ4n) is 2.63. The Labute approximate surface area is 211 Å². The highest BCUT2D eigenvalue weighted by Gasteiger charge is 2.19. The molecule has 198 valence electrons. The van der Waals surface area contributed by atoms with Gasteiger partial charge in [0.15, 0.2) is 17.1 Å². The zero-order valence-corrected chi connectivity index (χ0v) is 20.2. The van der Waals surface area contributed by atoms with Crippen molar-refractivity contribution in [2.45, 2.75) is 20.8 Å². The second-order valence-corrected chi connectivity index (χ2v) is 6.82. The Morgan fingerprint density at radius 1 is 0.947 bits per heavy atom. The second-order valence-electron chi connectivity index (χ2n) is 6.82. The number of hydrogen-bond acceptors (Lipinski definition) is 17. The maximum absolute atomic E-state index is 11.6. The highest BCUT2D eigenvalue weighted by atomic mass is 16.5. The van der Waals surface area contributed by atoms with Crippen molar-refractivity contribution in [2.24, 2.45) is 21.2 Å². The van der Waals surface area contributed by atoms with E-state index in [1.54, 1.807) is 26.8 Å². The molecule has 5 rings (SSSR count). The summed E-state index contributed by atoms with van der Waals surface area (Å²) < 4.78 is 11.9. The number of esters is 2. The van der Waals surface area contributed by atoms with Gasteiger partial charge in [0, 0.05) is 11.8 Å². The first-order chi connectivity index (χ1) is 18.2. The van der Waals surface area contributed by atoms with Gasteiger partial charge in [0.05, 0.1) is 13.2 Å². The molecule has 4 aromatic rings. The van der Waals surface area contributed by atoms with Crippen LogP contribution in [0.5, 0.6) is 0 Å². The molecule has 4 aromatic heterocycles. The molecule has 0 aliphatic carbocycles. The van der Waals surface area contributed by atoms with Crippen LogP contribution in [0, 0.1) is 6.92 Å². The molecule has 0 radical (unpaired) electrons. The molecule has 0 atom stereocenters. The van der Waals surface area contributed by atoms with Crippen molar-refractivity contribution >= 4 is 35.3 Å². The minimum atomic E-state index is -1.28. The first-order valence-corrected chi connectivity index (χ1v) is 10.7. The molecule has 38 heavy (non-hydrogen) atoms. The molecule has 0 spiro atoms. The fourth-order valence-corrected chi connectivity index (χ4v) is 2.63. The third-order valence-corrected chi connectivity index (χ3v) is 4.14. The molecule has 0 bridgehead atoms. The number of nitrogens with zero attached hydrogens (tertiary/aromatic N) is 13. The molecule has 3 N–H and O–H groups in total. The molecule has 0 unspecified atom stereocenters. The molecule has 20 nitrogen and oxygen atoms in total. The number of hydrogen-bond donors (Lipinski definition) is 2. The van der Waals surface area contributed by atoms with Crippen LogP contribution >= 0.6 is 0 Å². The van der Waals surface area contributed by atoms with E-state index in [2.05, 4.69) is 56.5 Å². The van der Waals surface area contributed by atoms with Gasteiger partial charge in [-0.1, -0.05) is 10.2 Å². The number of carboxylic acids is 1. The summed E-state index contributed by atoms with van der Waals surface area (Å²) in [6, 6.07) is 2.64. The predicted octanol–water partition coefficient (Wildman–Crippen LogP) is -0.877. The maximum Gasteiger partial charge on any atom is 0.357 e. The third-order valence-electron chi connectivity index (χ3n) is 4.14. The van der Waals surface area contributed by atoms with Gasteiger partial charge in [-0.15, -0.1) is 5.10 Å². The molecule has 1 aliphatic rings. The summed E-state index contributed by atoms with van der Waals surface area (Å²) in [6.45, 7) is 6.07. The van der Waals surface area contributed by atoms with Crippen molar-refractivity contribution < 1.29 is 29.0 Å². The normalized spacial score (nSPS) is 11.7. The van der Waals surface area contributed by atoms with Crippen LogP contribution in [-0.2, 0) is 9.47 Å². The number of carbonyl (C=O) groups is 3. The van der Waals surface area contributed by atoms with E-state index in [4.69, 9.17) is 20.3 Å². The number of carbonyl (C=O) groups excluding carboxylic acids is 2. The lowest BCUT2D eigenvalue weighted by atomic mass is 10.3. The number of aryl methyl sites for hydroxylation is 1. The number of nitrogens with two attached hydrogens (primary N) is 1. The quantitative estimate of drug-likeness (QED) is 0.298. The number of aromatic carboxylic acids is 1. The van der Waals surface area contributed by atoms with Crippen molar-refractivity contribution in [1.29, 1.82) is 0 Å². The first kappa shape index (κ1) is 27.0. The first-order valence-electron chi connectivity index (χ1n) is 10.7. The van der Waals surface area contributed by atoms with Gasteiger partial charge in [-0.2, -0.15) is 14.1 Å². The van der Waals surface area contributed by atoms with Gasteiger partial charge in [0.2, 0.25) is 0 Å². The van der Waals surface area contributed by atoms with Crippen molar-refractivity contribution in [3.63, 3.8) is 0 Å². The van der Waals surface area contributed by atoms with Crippen LogP contribution in [0.15, 0.2) is 27.6 Å². The van der Waals surface area contributed by atoms with Crippen molar-refractivity contribution in [2.75, 3.05) is 19.8 Å². The van der Waals surface area contributed by atoms with Crippen molar-refractivity contribution in [3.8, 4) is 0 Å². The molecule has 0 saturated carbocycles. The number of aromatic nitrogens is 10. The minimum Gasteiger partial charge on any atom is -0.477 e. The summed E-state index contributed by atoms with van der Waals surface area (Å²) >= 11 is 0. The van der Waals surface area contributed by atoms with Crippen LogP contribution in [0.3, 0.4) is 0 Å². The number of carboxylic acid groups (broad SMARTS) is 1. The predicted molar refractivity (Wildman–Crippen MR) is 122 cm³/mol. The van der Waals surface area contributed by atoms with Gasteiger partial charge in [-0.3, -0.25) is 0 Å². The van der Waals surface area contributed by atoms with Crippen LogP contribution in [0.2, 0.25) is 0 Å². The van der Waals surface area contributed by atoms with Crippen LogP contribution in [0.1, 0.15) is 51.0 Å². The Balaban J connectivity index is 0.000000174. The van der Waals surface area contributed by atoms with Gasteiger partial charge in [0.1, 0.15) is 12.4 Å². The molecule has 1 aliphatic heterocycles. The minimum absolute atomic E-state index is 0.0760. The van der Waals surface area contributed by atoms with E-state index in [1.807, 2.05) is 0 Å². The van der Waals surface area contributed by atoms with Crippen molar-refractivity contribution in [1.82, 2.24) is 50.0 Å². The summed E-state index contributed by atoms with van der Waals surface area (Å²) in [6.07, 6.45) is 0. The van der Waals surface area contributed by atoms with Gasteiger partial charge in [0.25, 0.3) is 11.6 Å². The van der Waals surface area contributed by atoms with Gasteiger partial charge in [-0.25, -0.2) is 24.4 Å². The molecule has 0 amide bonds. The number of rotatable bonds is 5. The Kier molecular flexibility index (Phi) is 8.83. The number of ether oxygens (including phenoxy) is 2. The third kappa shape index (κ3) is 6.56. The topological polar surface area (TPSA) is 265 Å². The van der Waals surface area contributed by atoms with E-state index in [9.17, 15) is 14.4 Å². The SMILES string of the molecule is CCOC(=O)c1cc(C(=O)O)nc2nnnn12.CCOC(=O)c1cc(C)nc2nnnn12.NC1=NN=NC1. The lowest BCUT2D eigenvalue weighted by molar-refractivity contribution is 0.0505. The molecule has 0 saturated heterocycles. The smallest absolute Gasteiger partial charge is 0.357 e. The second kappa shape index (κ2) is 12.4. The lowest BCUT2D eigenvalue weighted by Gasteiger charge is -2.03. The number of amidine groups is 1. The largest absolute Gasteiger partial charge is 0.477 e. The highest BCUT2D eigenvalue weighted by molar-refractivity contribution is 5.92. The Hall–Kier alpha value is -5.56. The van der Waals surface area contributed by atoms with Gasteiger partial charge >= 0.3 is 17.9 Å². The Morgan fingerprint density at radius 2 is 1.50 bits per heavy atom. The van der Waals surface area contributed by atoms with E-state index in [0.717, 1.165) is 10.6 Å². The zero-order chi connectivity index (χ0) is 27.7. The molecule has 5 heterocycles. The lowest BCUT2D eigenvalue weighted by Crippen LogP contribution is -2.14. The average Bonchev–Trinajstić information content (AvgIpc) is 3.66. The summed E-state index contributed by atoms with van der Waals surface area (Å²) in [4.78, 5) is 41.6. The van der Waals surface area contributed by atoms with Crippen LogP contribution in [0.25, 0.3) is 11.6 Å². The molecule has 0 aromatic carbocycles. The standard InChI is InChI=1S/C8H7N5O4.C8H9N5O2.C2H4N4/c1-2-17-7(16)5-3-4(6(14)15)9-8-10-11-12-13(5)8;1-3-15-7(14)6-4-5(2)9-8-10-11-12-13(6)8;3-2-1-4-6-5-2/h3H,2H2,1H3,(H,14,15);4H,3H2,1-2H3;1H2,(H2,3,4,5). The van der Waals surface area contributed by atoms with Crippen LogP contribution < -0.4 is 5.73 Å². The summed E-state index contributed by atoms with van der Waals surface area (Å²) in [5.74, 6) is -1.74. The van der Waals surface area contributed by atoms with Gasteiger partial charge in [-0.05, 0) is 52.9 Å². The summed E-state index contributed by atoms with van der Waals surface area (Å²) in [7, 11) is 0. The number of tetrazole rings is 2. The zero-order valence-electron chi connectivity index (χ0n) is 20.2. The van der Waals surface area contributed by atoms with Gasteiger partial charge < -0.3 is 20.3 Å². The monoisotopic (exact) mass is 528 g/mol. The van der Waals surface area contributed by atoms with Crippen molar-refractivity contribution in [3.05, 3.63) is 34.9 Å². The Morgan fingerprint density at radius 3 is 1.95 bits per heavy atom. The number of fused-ring (bicyclic) bond motifs is 2. The van der Waals surface area contributed by atoms with E-state index >= 15 is 0 Å².